The summed E-state index contributed by atoms with van der Waals surface area (Å²) >= 11 is 5.53. The zero-order chi connectivity index (χ0) is 11.6. The van der Waals surface area contributed by atoms with Crippen molar-refractivity contribution in [3.05, 3.63) is 34.3 Å². The van der Waals surface area contributed by atoms with Crippen LogP contribution in [0, 0.1) is 12.3 Å². The summed E-state index contributed by atoms with van der Waals surface area (Å²) in [6.07, 6.45) is 0.741. The molecule has 0 saturated carbocycles. The SMILES string of the molecule is C#CC(C)c1ccc(C(F)(F)F)c(Cl)c1. The summed E-state index contributed by atoms with van der Waals surface area (Å²) in [6.45, 7) is 1.72. The van der Waals surface area contributed by atoms with Gasteiger partial charge in [-0.3, -0.25) is 0 Å². The molecule has 15 heavy (non-hydrogen) atoms. The van der Waals surface area contributed by atoms with Crippen molar-refractivity contribution >= 4 is 11.6 Å². The van der Waals surface area contributed by atoms with Gasteiger partial charge in [-0.1, -0.05) is 23.6 Å². The quantitative estimate of drug-likeness (QED) is 0.640. The molecule has 0 aliphatic carbocycles. The molecule has 1 unspecified atom stereocenters. The number of halogens is 4. The molecule has 0 amide bonds. The van der Waals surface area contributed by atoms with Gasteiger partial charge in [-0.15, -0.1) is 6.42 Å². The van der Waals surface area contributed by atoms with E-state index in [0.717, 1.165) is 6.07 Å². The summed E-state index contributed by atoms with van der Waals surface area (Å²) < 4.78 is 37.0. The van der Waals surface area contributed by atoms with Crippen molar-refractivity contribution in [3.8, 4) is 12.3 Å². The van der Waals surface area contributed by atoms with Crippen LogP contribution in [0.25, 0.3) is 0 Å². The summed E-state index contributed by atoms with van der Waals surface area (Å²) in [5.74, 6) is 2.18. The van der Waals surface area contributed by atoms with Gasteiger partial charge in [0.25, 0.3) is 0 Å². The molecule has 4 heteroatoms. The molecule has 1 atom stereocenters. The second kappa shape index (κ2) is 4.16. The zero-order valence-electron chi connectivity index (χ0n) is 7.90. The third-order valence-corrected chi connectivity index (χ3v) is 2.36. The van der Waals surface area contributed by atoms with E-state index in [1.165, 1.54) is 12.1 Å². The highest BCUT2D eigenvalue weighted by atomic mass is 35.5. The van der Waals surface area contributed by atoms with Crippen molar-refractivity contribution in [3.63, 3.8) is 0 Å². The molecule has 1 aromatic carbocycles. The summed E-state index contributed by atoms with van der Waals surface area (Å²) in [6, 6.07) is 3.56. The Labute approximate surface area is 91.1 Å². The molecule has 0 fully saturated rings. The lowest BCUT2D eigenvalue weighted by atomic mass is 10.0. The Balaban J connectivity index is 3.16. The van der Waals surface area contributed by atoms with E-state index in [9.17, 15) is 13.2 Å². The third-order valence-electron chi connectivity index (χ3n) is 2.05. The molecular weight excluding hydrogens is 225 g/mol. The fourth-order valence-corrected chi connectivity index (χ4v) is 1.42. The van der Waals surface area contributed by atoms with E-state index in [1.54, 1.807) is 6.92 Å². The standard InChI is InChI=1S/C11H8ClF3/c1-3-7(2)8-4-5-9(10(12)6-8)11(13,14)15/h1,4-7H,2H3. The van der Waals surface area contributed by atoms with Crippen molar-refractivity contribution in [2.24, 2.45) is 0 Å². The van der Waals surface area contributed by atoms with E-state index < -0.39 is 11.7 Å². The Hall–Kier alpha value is -1.14. The van der Waals surface area contributed by atoms with Crippen LogP contribution in [0.15, 0.2) is 18.2 Å². The largest absolute Gasteiger partial charge is 0.417 e. The molecule has 0 heterocycles. The molecule has 0 nitrogen and oxygen atoms in total. The van der Waals surface area contributed by atoms with Crippen molar-refractivity contribution in [2.75, 3.05) is 0 Å². The predicted octanol–water partition coefficient (Wildman–Crippen LogP) is 4.10. The fraction of sp³-hybridized carbons (Fsp3) is 0.273. The van der Waals surface area contributed by atoms with Gasteiger partial charge in [0.2, 0.25) is 0 Å². The molecule has 0 aromatic heterocycles. The molecule has 1 aromatic rings. The summed E-state index contributed by atoms with van der Waals surface area (Å²) in [7, 11) is 0. The first-order chi connectivity index (χ1) is 6.86. The van der Waals surface area contributed by atoms with Crippen LogP contribution in [0.4, 0.5) is 13.2 Å². The maximum atomic E-state index is 12.3. The highest BCUT2D eigenvalue weighted by Crippen LogP contribution is 2.35. The topological polar surface area (TPSA) is 0 Å². The van der Waals surface area contributed by atoms with Gasteiger partial charge in [0.1, 0.15) is 0 Å². The van der Waals surface area contributed by atoms with Gasteiger partial charge >= 0.3 is 6.18 Å². The van der Waals surface area contributed by atoms with Crippen LogP contribution in [0.3, 0.4) is 0 Å². The summed E-state index contributed by atoms with van der Waals surface area (Å²) in [5.41, 5.74) is -0.229. The van der Waals surface area contributed by atoms with Gasteiger partial charge in [-0.25, -0.2) is 0 Å². The first-order valence-electron chi connectivity index (χ1n) is 4.19. The number of hydrogen-bond donors (Lipinski definition) is 0. The second-order valence-corrected chi connectivity index (χ2v) is 3.53. The normalized spacial score (nSPS) is 13.3. The molecule has 0 saturated heterocycles. The van der Waals surface area contributed by atoms with E-state index in [4.69, 9.17) is 18.0 Å². The van der Waals surface area contributed by atoms with Gasteiger partial charge in [-0.05, 0) is 24.6 Å². The smallest absolute Gasteiger partial charge is 0.166 e. The monoisotopic (exact) mass is 232 g/mol. The highest BCUT2D eigenvalue weighted by molar-refractivity contribution is 6.31. The maximum Gasteiger partial charge on any atom is 0.417 e. The lowest BCUT2D eigenvalue weighted by Gasteiger charge is -2.11. The van der Waals surface area contributed by atoms with Crippen LogP contribution in [0.5, 0.6) is 0 Å². The Morgan fingerprint density at radius 2 is 2.00 bits per heavy atom. The first-order valence-corrected chi connectivity index (χ1v) is 4.57. The van der Waals surface area contributed by atoms with E-state index in [1.807, 2.05) is 0 Å². The lowest BCUT2D eigenvalue weighted by Crippen LogP contribution is -2.06. The van der Waals surface area contributed by atoms with Gasteiger partial charge in [-0.2, -0.15) is 13.2 Å². The molecule has 0 radical (unpaired) electrons. The Morgan fingerprint density at radius 1 is 1.40 bits per heavy atom. The predicted molar refractivity (Wildman–Crippen MR) is 53.7 cm³/mol. The van der Waals surface area contributed by atoms with Crippen LogP contribution < -0.4 is 0 Å². The van der Waals surface area contributed by atoms with E-state index in [-0.39, 0.29) is 10.9 Å². The minimum absolute atomic E-state index is 0.246. The van der Waals surface area contributed by atoms with Crippen LogP contribution in [-0.2, 0) is 6.18 Å². The Morgan fingerprint density at radius 3 is 2.40 bits per heavy atom. The number of alkyl halides is 3. The number of rotatable bonds is 1. The van der Waals surface area contributed by atoms with Crippen LogP contribution >= 0.6 is 11.6 Å². The average molecular weight is 233 g/mol. The van der Waals surface area contributed by atoms with Gasteiger partial charge in [0, 0.05) is 5.92 Å². The van der Waals surface area contributed by atoms with Crippen LogP contribution in [0.2, 0.25) is 5.02 Å². The lowest BCUT2D eigenvalue weighted by molar-refractivity contribution is -0.137. The average Bonchev–Trinajstić information content (AvgIpc) is 2.14. The van der Waals surface area contributed by atoms with Crippen molar-refractivity contribution in [1.29, 1.82) is 0 Å². The molecule has 0 aliphatic rings. The highest BCUT2D eigenvalue weighted by Gasteiger charge is 2.33. The number of benzene rings is 1. The molecule has 0 aliphatic heterocycles. The fourth-order valence-electron chi connectivity index (χ4n) is 1.13. The molecule has 0 spiro atoms. The van der Waals surface area contributed by atoms with Crippen LogP contribution in [-0.4, -0.2) is 0 Å². The molecule has 0 bridgehead atoms. The molecular formula is C11H8ClF3. The minimum atomic E-state index is -4.42. The van der Waals surface area contributed by atoms with E-state index >= 15 is 0 Å². The first kappa shape index (κ1) is 11.9. The maximum absolute atomic E-state index is 12.3. The number of terminal acetylenes is 1. The van der Waals surface area contributed by atoms with Crippen molar-refractivity contribution in [2.45, 2.75) is 19.0 Å². The van der Waals surface area contributed by atoms with Crippen molar-refractivity contribution in [1.82, 2.24) is 0 Å². The van der Waals surface area contributed by atoms with Gasteiger partial charge < -0.3 is 0 Å². The van der Waals surface area contributed by atoms with E-state index in [2.05, 4.69) is 5.92 Å². The summed E-state index contributed by atoms with van der Waals surface area (Å²) in [5, 5.41) is -0.317. The van der Waals surface area contributed by atoms with Gasteiger partial charge in [0.05, 0.1) is 10.6 Å². The second-order valence-electron chi connectivity index (χ2n) is 3.13. The molecule has 80 valence electrons. The van der Waals surface area contributed by atoms with Crippen molar-refractivity contribution < 1.29 is 13.2 Å². The van der Waals surface area contributed by atoms with Gasteiger partial charge in [0.15, 0.2) is 0 Å². The Kier molecular flexibility index (Phi) is 3.31. The molecule has 0 N–H and O–H groups in total. The van der Waals surface area contributed by atoms with E-state index in [0.29, 0.717) is 5.56 Å². The summed E-state index contributed by atoms with van der Waals surface area (Å²) in [4.78, 5) is 0. The number of hydrogen-bond acceptors (Lipinski definition) is 0. The Bertz CT molecular complexity index is 401. The minimum Gasteiger partial charge on any atom is -0.166 e. The zero-order valence-corrected chi connectivity index (χ0v) is 8.65. The third kappa shape index (κ3) is 2.66. The van der Waals surface area contributed by atoms with Crippen LogP contribution in [0.1, 0.15) is 24.0 Å². The molecule has 1 rings (SSSR count).